The van der Waals surface area contributed by atoms with Crippen molar-refractivity contribution in [1.29, 1.82) is 0 Å². The Labute approximate surface area is 216 Å². The largest absolute Gasteiger partial charge is 2.00 e. The monoisotopic (exact) mass is 892 g/mol. The Balaban J connectivity index is -0.0000000272. The van der Waals surface area contributed by atoms with Crippen LogP contribution in [0.15, 0.2) is 18.2 Å². The molecule has 0 saturated heterocycles. The molecule has 0 N–H and O–H groups in total. The van der Waals surface area contributed by atoms with Crippen molar-refractivity contribution in [3.05, 3.63) is 49.6 Å². The molecule has 1 aromatic carbocycles. The van der Waals surface area contributed by atoms with Gasteiger partial charge in [-0.25, -0.2) is 0 Å². The Morgan fingerprint density at radius 3 is 1.59 bits per heavy atom. The van der Waals surface area contributed by atoms with Crippen LogP contribution < -0.4 is 4.74 Å². The summed E-state index contributed by atoms with van der Waals surface area (Å²) < 4.78 is 4.95. The maximum Gasteiger partial charge on any atom is 2.00 e. The van der Waals surface area contributed by atoms with Gasteiger partial charge in [-0.15, -0.1) is 11.6 Å². The molecule has 0 aliphatic carbocycles. The molecule has 2 atom stereocenters. The average Bonchev–Trinajstić information content (AvgIpc) is 2.45. The standard InChI is InChI=1S/C9H9O2.C8H16.4CH4.CH3.3W/c1-7-3-4-8(6-10)9(5-7)11-2;1-5-7(3)8(4)6-2;;;;;;;;/h3-5H,1-2H3;5-8H,1-4H3;4*1H4;1H3;;;/q-1;-2;;;;;-1;;2*+2. The van der Waals surface area contributed by atoms with Crippen molar-refractivity contribution in [2.45, 2.75) is 64.3 Å². The third kappa shape index (κ3) is 24.7. The third-order valence-electron chi connectivity index (χ3n) is 3.35. The van der Waals surface area contributed by atoms with E-state index in [1.54, 1.807) is 18.4 Å². The van der Waals surface area contributed by atoms with E-state index in [1.165, 1.54) is 7.11 Å². The van der Waals surface area contributed by atoms with E-state index < -0.39 is 0 Å². The maximum atomic E-state index is 10.3. The van der Waals surface area contributed by atoms with Crippen molar-refractivity contribution >= 4 is 6.29 Å². The predicted octanol–water partition coefficient (Wildman–Crippen LogP) is 7.16. The van der Waals surface area contributed by atoms with Crippen molar-refractivity contribution in [2.24, 2.45) is 11.8 Å². The Morgan fingerprint density at radius 1 is 0.963 bits per heavy atom. The fourth-order valence-corrected chi connectivity index (χ4v) is 1.49. The molecule has 2 unspecified atom stereocenters. The van der Waals surface area contributed by atoms with Gasteiger partial charge < -0.3 is 29.8 Å². The second-order valence-corrected chi connectivity index (χ2v) is 4.69. The van der Waals surface area contributed by atoms with Gasteiger partial charge >= 0.3 is 42.1 Å². The molecule has 1 aromatic rings. The first-order valence-electron chi connectivity index (χ1n) is 6.61. The van der Waals surface area contributed by atoms with Gasteiger partial charge in [0.15, 0.2) is 0 Å². The number of hydrogen-bond donors (Lipinski definition) is 0. The first-order valence-corrected chi connectivity index (χ1v) is 6.61. The molecule has 0 radical (unpaired) electrons. The molecular weight excluding hydrogens is 848 g/mol. The molecule has 162 valence electrons. The predicted molar refractivity (Wildman–Crippen MR) is 114 cm³/mol. The van der Waals surface area contributed by atoms with Gasteiger partial charge in [-0.05, 0) is 6.92 Å². The SMILES string of the molecule is C.C.C.C.COc1cc(C)ccc1[C-]=O.C[CH-]C(C)C(C)[CH-]C.[CH3-].[W+2].[W+2].[W]. The molecular formula is C22H44O2W3. The number of aryl methyl sites for hydroxylation is 1. The summed E-state index contributed by atoms with van der Waals surface area (Å²) in [6.07, 6.45) is 6.28. The summed E-state index contributed by atoms with van der Waals surface area (Å²) in [6.45, 7) is 10.7. The average molecular weight is 892 g/mol. The topological polar surface area (TPSA) is 26.3 Å². The van der Waals surface area contributed by atoms with Gasteiger partial charge in [-0.2, -0.15) is 31.7 Å². The summed E-state index contributed by atoms with van der Waals surface area (Å²) in [6, 6.07) is 5.35. The Hall–Kier alpha value is 0.755. The van der Waals surface area contributed by atoms with Crippen LogP contribution in [0.25, 0.3) is 0 Å². The molecule has 0 heterocycles. The van der Waals surface area contributed by atoms with Crippen LogP contribution >= 0.6 is 0 Å². The molecule has 0 aliphatic rings. The summed E-state index contributed by atoms with van der Waals surface area (Å²) in [7, 11) is 1.54. The summed E-state index contributed by atoms with van der Waals surface area (Å²) >= 11 is 0. The zero-order valence-corrected chi connectivity index (χ0v) is 23.9. The quantitative estimate of drug-likeness (QED) is 0.294. The minimum Gasteiger partial charge on any atom is -0.553 e. The zero-order valence-electron chi connectivity index (χ0n) is 15.1. The van der Waals surface area contributed by atoms with E-state index in [4.69, 9.17) is 4.74 Å². The van der Waals surface area contributed by atoms with Gasteiger partial charge in [-0.1, -0.05) is 55.2 Å². The van der Waals surface area contributed by atoms with Crippen LogP contribution in [0.3, 0.4) is 0 Å². The molecule has 0 saturated carbocycles. The van der Waals surface area contributed by atoms with Gasteiger partial charge in [-0.3, -0.25) is 0 Å². The third-order valence-corrected chi connectivity index (χ3v) is 3.35. The van der Waals surface area contributed by atoms with Gasteiger partial charge in [0.2, 0.25) is 0 Å². The van der Waals surface area contributed by atoms with E-state index >= 15 is 0 Å². The fourth-order valence-electron chi connectivity index (χ4n) is 1.49. The minimum atomic E-state index is 0. The second-order valence-electron chi connectivity index (χ2n) is 4.69. The fraction of sp³-hybridized carbons (Fsp3) is 0.545. The van der Waals surface area contributed by atoms with Crippen LogP contribution in [0, 0.1) is 39.0 Å². The molecule has 0 amide bonds. The number of ether oxygens (including phenoxy) is 1. The molecule has 0 aliphatic heterocycles. The molecule has 27 heavy (non-hydrogen) atoms. The van der Waals surface area contributed by atoms with Crippen molar-refractivity contribution in [3.8, 4) is 5.75 Å². The number of hydrogen-bond acceptors (Lipinski definition) is 2. The Kier molecular flexibility index (Phi) is 71.7. The second kappa shape index (κ2) is 34.3. The molecule has 2 nitrogen and oxygen atoms in total. The summed E-state index contributed by atoms with van der Waals surface area (Å²) in [5.41, 5.74) is 1.54. The number of carbonyl (C=O) groups excluding carboxylic acids is 1. The molecule has 0 spiro atoms. The van der Waals surface area contributed by atoms with Crippen LogP contribution in [-0.2, 0) is 68.0 Å². The first kappa shape index (κ1) is 56.5. The zero-order chi connectivity index (χ0) is 14.8. The molecule has 5 heteroatoms. The maximum absolute atomic E-state index is 10.3. The van der Waals surface area contributed by atoms with E-state index in [0.717, 1.165) is 17.4 Å². The van der Waals surface area contributed by atoms with Crippen LogP contribution in [0.4, 0.5) is 0 Å². The molecule has 0 fully saturated rings. The number of benzene rings is 1. The van der Waals surface area contributed by atoms with E-state index in [2.05, 4.69) is 40.5 Å². The minimum absolute atomic E-state index is 0. The van der Waals surface area contributed by atoms with E-state index in [0.29, 0.717) is 11.3 Å². The Bertz CT molecular complexity index is 378. The van der Waals surface area contributed by atoms with Gasteiger partial charge in [0.1, 0.15) is 0 Å². The summed E-state index contributed by atoms with van der Waals surface area (Å²) in [5.74, 6) is 2.06. The molecule has 1 rings (SSSR count). The van der Waals surface area contributed by atoms with E-state index in [9.17, 15) is 4.79 Å². The van der Waals surface area contributed by atoms with E-state index in [-0.39, 0.29) is 100 Å². The van der Waals surface area contributed by atoms with Crippen molar-refractivity contribution in [2.75, 3.05) is 7.11 Å². The van der Waals surface area contributed by atoms with Crippen LogP contribution in [-0.4, -0.2) is 13.4 Å². The smallest absolute Gasteiger partial charge is 0.553 e. The van der Waals surface area contributed by atoms with Crippen LogP contribution in [0.2, 0.25) is 0 Å². The van der Waals surface area contributed by atoms with Crippen molar-refractivity contribution in [1.82, 2.24) is 0 Å². The van der Waals surface area contributed by atoms with E-state index in [1.807, 2.05) is 13.0 Å². The first-order chi connectivity index (χ1) is 8.99. The van der Waals surface area contributed by atoms with Gasteiger partial charge in [0.25, 0.3) is 0 Å². The van der Waals surface area contributed by atoms with Crippen molar-refractivity contribution < 1.29 is 72.7 Å². The van der Waals surface area contributed by atoms with Crippen LogP contribution in [0.5, 0.6) is 5.75 Å². The summed E-state index contributed by atoms with van der Waals surface area (Å²) in [4.78, 5) is 10.3. The number of methoxy groups -OCH3 is 1. The van der Waals surface area contributed by atoms with Crippen molar-refractivity contribution in [3.63, 3.8) is 0 Å². The van der Waals surface area contributed by atoms with Crippen LogP contribution in [0.1, 0.15) is 68.5 Å². The van der Waals surface area contributed by atoms with Gasteiger partial charge in [0, 0.05) is 26.8 Å². The number of rotatable bonds is 5. The molecule has 0 bridgehead atoms. The summed E-state index contributed by atoms with van der Waals surface area (Å²) in [5, 5.41) is 0. The molecule has 0 aromatic heterocycles. The van der Waals surface area contributed by atoms with Gasteiger partial charge in [0.05, 0.1) is 13.4 Å². The Morgan fingerprint density at radius 2 is 1.33 bits per heavy atom. The normalized spacial score (nSPS) is 9.11.